The Morgan fingerprint density at radius 2 is 1.74 bits per heavy atom. The number of hydrogen-bond donors (Lipinski definition) is 2. The zero-order valence-electron chi connectivity index (χ0n) is 19.3. The lowest BCUT2D eigenvalue weighted by atomic mass is 10.0. The SMILES string of the molecule is CN1CCc2cc([C@@H](CNC(=O)C(=O)Nc3ccc4c(c3)OCCO4)N3CCOCC3)ccc21. The van der Waals surface area contributed by atoms with Gasteiger partial charge in [-0.1, -0.05) is 12.1 Å². The Kier molecular flexibility index (Phi) is 6.55. The van der Waals surface area contributed by atoms with Gasteiger partial charge in [0.25, 0.3) is 0 Å². The third-order valence-electron chi connectivity index (χ3n) is 6.56. The van der Waals surface area contributed by atoms with E-state index in [2.05, 4.69) is 45.7 Å². The Bertz CT molecular complexity index is 1070. The summed E-state index contributed by atoms with van der Waals surface area (Å²) >= 11 is 0. The molecule has 1 saturated heterocycles. The summed E-state index contributed by atoms with van der Waals surface area (Å²) in [4.78, 5) is 29.8. The maximum absolute atomic E-state index is 12.7. The summed E-state index contributed by atoms with van der Waals surface area (Å²) in [7, 11) is 2.10. The fourth-order valence-corrected chi connectivity index (χ4v) is 4.72. The van der Waals surface area contributed by atoms with Gasteiger partial charge in [0.2, 0.25) is 0 Å². The lowest BCUT2D eigenvalue weighted by molar-refractivity contribution is -0.136. The van der Waals surface area contributed by atoms with E-state index < -0.39 is 11.8 Å². The van der Waals surface area contributed by atoms with E-state index in [0.29, 0.717) is 50.2 Å². The minimum Gasteiger partial charge on any atom is -0.486 e. The molecule has 0 bridgehead atoms. The first-order chi connectivity index (χ1) is 16.6. The van der Waals surface area contributed by atoms with Crippen molar-refractivity contribution >= 4 is 23.2 Å². The lowest BCUT2D eigenvalue weighted by Gasteiger charge is -2.35. The molecule has 1 fully saturated rings. The van der Waals surface area contributed by atoms with E-state index in [1.165, 1.54) is 11.3 Å². The van der Waals surface area contributed by atoms with E-state index in [9.17, 15) is 9.59 Å². The van der Waals surface area contributed by atoms with Crippen LogP contribution in [0.15, 0.2) is 36.4 Å². The van der Waals surface area contributed by atoms with Gasteiger partial charge in [-0.15, -0.1) is 0 Å². The third kappa shape index (κ3) is 4.80. The predicted octanol–water partition coefficient (Wildman–Crippen LogP) is 1.58. The molecule has 2 aromatic carbocycles. The Labute approximate surface area is 198 Å². The van der Waals surface area contributed by atoms with Crippen molar-refractivity contribution in [3.63, 3.8) is 0 Å². The molecule has 9 nitrogen and oxygen atoms in total. The largest absolute Gasteiger partial charge is 0.486 e. The van der Waals surface area contributed by atoms with Crippen LogP contribution in [0.25, 0.3) is 0 Å². The number of ether oxygens (including phenoxy) is 3. The fourth-order valence-electron chi connectivity index (χ4n) is 4.72. The molecular weight excluding hydrogens is 436 g/mol. The third-order valence-corrected chi connectivity index (χ3v) is 6.56. The van der Waals surface area contributed by atoms with Crippen LogP contribution in [-0.2, 0) is 20.7 Å². The number of morpholine rings is 1. The van der Waals surface area contributed by atoms with Crippen molar-refractivity contribution in [2.45, 2.75) is 12.5 Å². The van der Waals surface area contributed by atoms with Crippen LogP contribution in [0.5, 0.6) is 11.5 Å². The Morgan fingerprint density at radius 1 is 0.941 bits per heavy atom. The highest BCUT2D eigenvalue weighted by Crippen LogP contribution is 2.33. The van der Waals surface area contributed by atoms with Gasteiger partial charge in [0.1, 0.15) is 13.2 Å². The molecule has 3 aliphatic heterocycles. The average Bonchev–Trinajstić information content (AvgIpc) is 3.24. The minimum absolute atomic E-state index is 0.0360. The first-order valence-electron chi connectivity index (χ1n) is 11.7. The predicted molar refractivity (Wildman–Crippen MR) is 128 cm³/mol. The number of amides is 2. The van der Waals surface area contributed by atoms with Gasteiger partial charge in [0, 0.05) is 50.7 Å². The summed E-state index contributed by atoms with van der Waals surface area (Å²) in [6.45, 7) is 5.16. The second kappa shape index (κ2) is 9.90. The number of anilines is 2. The van der Waals surface area contributed by atoms with Gasteiger partial charge < -0.3 is 29.7 Å². The second-order valence-electron chi connectivity index (χ2n) is 8.75. The molecule has 34 heavy (non-hydrogen) atoms. The van der Waals surface area contributed by atoms with E-state index >= 15 is 0 Å². The van der Waals surface area contributed by atoms with Gasteiger partial charge in [-0.05, 0) is 35.7 Å². The number of nitrogens with zero attached hydrogens (tertiary/aromatic N) is 2. The number of benzene rings is 2. The molecule has 3 aliphatic rings. The van der Waals surface area contributed by atoms with E-state index in [4.69, 9.17) is 14.2 Å². The lowest BCUT2D eigenvalue weighted by Crippen LogP contribution is -2.45. The van der Waals surface area contributed by atoms with Crippen LogP contribution in [0.2, 0.25) is 0 Å². The zero-order valence-corrected chi connectivity index (χ0v) is 19.3. The summed E-state index contributed by atoms with van der Waals surface area (Å²) < 4.78 is 16.6. The first kappa shape index (κ1) is 22.5. The topological polar surface area (TPSA) is 92.4 Å². The number of hydrogen-bond acceptors (Lipinski definition) is 7. The molecule has 9 heteroatoms. The quantitative estimate of drug-likeness (QED) is 0.647. The molecule has 0 unspecified atom stereocenters. The van der Waals surface area contributed by atoms with Crippen LogP contribution in [0, 0.1) is 0 Å². The molecule has 1 atom stereocenters. The van der Waals surface area contributed by atoms with E-state index in [1.807, 2.05) is 0 Å². The number of fused-ring (bicyclic) bond motifs is 2. The zero-order chi connectivity index (χ0) is 23.5. The Hall–Kier alpha value is -3.30. The highest BCUT2D eigenvalue weighted by Gasteiger charge is 2.26. The smallest absolute Gasteiger partial charge is 0.313 e. The first-order valence-corrected chi connectivity index (χ1v) is 11.7. The van der Waals surface area contributed by atoms with Crippen molar-refractivity contribution in [1.82, 2.24) is 10.2 Å². The molecule has 2 aromatic rings. The number of carbonyl (C=O) groups excluding carboxylic acids is 2. The Balaban J connectivity index is 1.25. The molecule has 5 rings (SSSR count). The standard InChI is InChI=1S/C25H30N4O5/c1-28-7-6-18-14-17(2-4-20(18)28)21(29-8-10-32-11-9-29)16-26-24(30)25(31)27-19-3-5-22-23(15-19)34-13-12-33-22/h2-5,14-15,21H,6-13,16H2,1H3,(H,26,30)(H,27,31)/t21-/m1/s1. The molecule has 0 aromatic heterocycles. The molecule has 3 heterocycles. The highest BCUT2D eigenvalue weighted by molar-refractivity contribution is 6.39. The highest BCUT2D eigenvalue weighted by atomic mass is 16.6. The van der Waals surface area contributed by atoms with Crippen LogP contribution < -0.4 is 25.0 Å². The number of carbonyl (C=O) groups is 2. The van der Waals surface area contributed by atoms with Crippen molar-refractivity contribution in [3.05, 3.63) is 47.5 Å². The van der Waals surface area contributed by atoms with Crippen LogP contribution >= 0.6 is 0 Å². The van der Waals surface area contributed by atoms with Crippen LogP contribution in [0.3, 0.4) is 0 Å². The van der Waals surface area contributed by atoms with Gasteiger partial charge in [-0.3, -0.25) is 14.5 Å². The van der Waals surface area contributed by atoms with Crippen LogP contribution in [0.1, 0.15) is 17.2 Å². The van der Waals surface area contributed by atoms with Gasteiger partial charge in [-0.25, -0.2) is 0 Å². The molecule has 180 valence electrons. The van der Waals surface area contributed by atoms with Crippen molar-refractivity contribution in [1.29, 1.82) is 0 Å². The molecule has 2 N–H and O–H groups in total. The molecule has 0 radical (unpaired) electrons. The number of rotatable bonds is 5. The second-order valence-corrected chi connectivity index (χ2v) is 8.75. The van der Waals surface area contributed by atoms with Gasteiger partial charge in [-0.2, -0.15) is 0 Å². The van der Waals surface area contributed by atoms with E-state index in [1.54, 1.807) is 18.2 Å². The van der Waals surface area contributed by atoms with E-state index in [0.717, 1.165) is 31.6 Å². The molecule has 0 spiro atoms. The minimum atomic E-state index is -0.715. The van der Waals surface area contributed by atoms with Gasteiger partial charge >= 0.3 is 11.8 Å². The van der Waals surface area contributed by atoms with Crippen molar-refractivity contribution in [2.24, 2.45) is 0 Å². The summed E-state index contributed by atoms with van der Waals surface area (Å²) in [6, 6.07) is 11.6. The van der Waals surface area contributed by atoms with Crippen molar-refractivity contribution < 1.29 is 23.8 Å². The van der Waals surface area contributed by atoms with Crippen LogP contribution in [0.4, 0.5) is 11.4 Å². The van der Waals surface area contributed by atoms with Gasteiger partial charge in [0.15, 0.2) is 11.5 Å². The molecule has 2 amide bonds. The molecule has 0 saturated carbocycles. The fraction of sp³-hybridized carbons (Fsp3) is 0.440. The summed E-state index contributed by atoms with van der Waals surface area (Å²) in [5, 5.41) is 5.49. The number of likely N-dealkylation sites (N-methyl/N-ethyl adjacent to an activating group) is 1. The Morgan fingerprint density at radius 3 is 2.56 bits per heavy atom. The maximum Gasteiger partial charge on any atom is 0.313 e. The van der Waals surface area contributed by atoms with Crippen molar-refractivity contribution in [2.75, 3.05) is 69.9 Å². The summed E-state index contributed by atoms with van der Waals surface area (Å²) in [6.07, 6.45) is 1.01. The van der Waals surface area contributed by atoms with Crippen LogP contribution in [-0.4, -0.2) is 76.4 Å². The molecule has 0 aliphatic carbocycles. The summed E-state index contributed by atoms with van der Waals surface area (Å²) in [5.74, 6) is -0.205. The average molecular weight is 467 g/mol. The number of nitrogens with one attached hydrogen (secondary N) is 2. The summed E-state index contributed by atoms with van der Waals surface area (Å²) in [5.41, 5.74) is 4.20. The maximum atomic E-state index is 12.7. The monoisotopic (exact) mass is 466 g/mol. The van der Waals surface area contributed by atoms with Crippen molar-refractivity contribution in [3.8, 4) is 11.5 Å². The normalized spacial score (nSPS) is 18.2. The van der Waals surface area contributed by atoms with E-state index in [-0.39, 0.29) is 6.04 Å². The molecular formula is C25H30N4O5. The van der Waals surface area contributed by atoms with Gasteiger partial charge in [0.05, 0.1) is 19.3 Å².